The summed E-state index contributed by atoms with van der Waals surface area (Å²) in [5.74, 6) is 1.10. The summed E-state index contributed by atoms with van der Waals surface area (Å²) >= 11 is 12.0. The Morgan fingerprint density at radius 3 is 1.91 bits per heavy atom. The number of ether oxygens (including phenoxy) is 2. The van der Waals surface area contributed by atoms with E-state index >= 15 is 0 Å². The van der Waals surface area contributed by atoms with Crippen molar-refractivity contribution in [2.75, 3.05) is 39.3 Å². The predicted octanol–water partition coefficient (Wildman–Crippen LogP) is 4.11. The van der Waals surface area contributed by atoms with Crippen LogP contribution in [0.25, 0.3) is 0 Å². The molecule has 3 rings (SSSR count). The van der Waals surface area contributed by atoms with E-state index in [0.717, 1.165) is 24.2 Å². The summed E-state index contributed by atoms with van der Waals surface area (Å²) in [7, 11) is 0. The lowest BCUT2D eigenvalue weighted by atomic mass is 10.2. The molecule has 1 aliphatic rings. The summed E-state index contributed by atoms with van der Waals surface area (Å²) in [5.41, 5.74) is 1.78. The van der Waals surface area contributed by atoms with Gasteiger partial charge in [0.25, 0.3) is 11.8 Å². The Morgan fingerprint density at radius 2 is 1.40 bits per heavy atom. The molecular formula is C26H33Cl2N3O4. The minimum absolute atomic E-state index is 0.0317. The standard InChI is InChI=1S/C26H33Cl2N3O4/c1-17-15-21(27)5-7-23(17)34-19(3)25(32)29-9-10-30-11-13-31(14-12-30)26(33)20(4)35-24-8-6-22(28)16-18(24)2/h5-8,15-16,19-20H,9-14H2,1-4H3,(H,29,32). The van der Waals surface area contributed by atoms with Crippen LogP contribution in [0.1, 0.15) is 25.0 Å². The number of carbonyl (C=O) groups is 2. The van der Waals surface area contributed by atoms with Crippen molar-refractivity contribution in [1.82, 2.24) is 15.1 Å². The maximum Gasteiger partial charge on any atom is 0.263 e. The number of nitrogens with zero attached hydrogens (tertiary/aromatic N) is 2. The normalized spacial score (nSPS) is 15.9. The number of nitrogens with one attached hydrogen (secondary N) is 1. The van der Waals surface area contributed by atoms with Gasteiger partial charge in [0.05, 0.1) is 0 Å². The minimum atomic E-state index is -0.616. The zero-order valence-electron chi connectivity index (χ0n) is 20.6. The lowest BCUT2D eigenvalue weighted by Crippen LogP contribution is -2.53. The summed E-state index contributed by atoms with van der Waals surface area (Å²) in [5, 5.41) is 4.20. The summed E-state index contributed by atoms with van der Waals surface area (Å²) in [6, 6.07) is 10.7. The highest BCUT2D eigenvalue weighted by Gasteiger charge is 2.26. The molecule has 0 aromatic heterocycles. The maximum absolute atomic E-state index is 12.8. The van der Waals surface area contributed by atoms with Gasteiger partial charge in [0.2, 0.25) is 0 Å². The number of rotatable bonds is 9. The molecule has 1 aliphatic heterocycles. The second-order valence-corrected chi connectivity index (χ2v) is 9.67. The average Bonchev–Trinajstić information content (AvgIpc) is 2.82. The molecule has 35 heavy (non-hydrogen) atoms. The van der Waals surface area contributed by atoms with Gasteiger partial charge in [-0.3, -0.25) is 14.5 Å². The summed E-state index contributed by atoms with van der Waals surface area (Å²) in [6.07, 6.45) is -1.19. The van der Waals surface area contributed by atoms with Gasteiger partial charge in [-0.1, -0.05) is 23.2 Å². The third kappa shape index (κ3) is 7.75. The first-order chi connectivity index (χ1) is 16.6. The predicted molar refractivity (Wildman–Crippen MR) is 139 cm³/mol. The maximum atomic E-state index is 12.8. The fourth-order valence-electron chi connectivity index (χ4n) is 3.90. The zero-order chi connectivity index (χ0) is 25.5. The number of hydrogen-bond donors (Lipinski definition) is 1. The molecule has 2 unspecified atom stereocenters. The Hall–Kier alpha value is -2.48. The second-order valence-electron chi connectivity index (χ2n) is 8.80. The lowest BCUT2D eigenvalue weighted by molar-refractivity contribution is -0.139. The Balaban J connectivity index is 1.37. The molecular weight excluding hydrogens is 489 g/mol. The third-order valence-electron chi connectivity index (χ3n) is 6.01. The summed E-state index contributed by atoms with van der Waals surface area (Å²) < 4.78 is 11.7. The monoisotopic (exact) mass is 521 g/mol. The van der Waals surface area contributed by atoms with Crippen molar-refractivity contribution in [1.29, 1.82) is 0 Å². The van der Waals surface area contributed by atoms with E-state index in [9.17, 15) is 9.59 Å². The summed E-state index contributed by atoms with van der Waals surface area (Å²) in [6.45, 7) is 11.2. The van der Waals surface area contributed by atoms with Crippen LogP contribution < -0.4 is 14.8 Å². The number of halogens is 2. The first kappa shape index (κ1) is 27.1. The van der Waals surface area contributed by atoms with Crippen LogP contribution >= 0.6 is 23.2 Å². The number of aryl methyl sites for hydroxylation is 2. The van der Waals surface area contributed by atoms with E-state index in [1.807, 2.05) is 24.8 Å². The van der Waals surface area contributed by atoms with Gasteiger partial charge in [-0.05, 0) is 75.2 Å². The molecule has 1 fully saturated rings. The van der Waals surface area contributed by atoms with Crippen LogP contribution in [0.4, 0.5) is 0 Å². The molecule has 2 aromatic carbocycles. The number of hydrogen-bond acceptors (Lipinski definition) is 5. The SMILES string of the molecule is Cc1cc(Cl)ccc1OC(C)C(=O)NCCN1CCN(C(=O)C(C)Oc2ccc(Cl)cc2C)CC1. The van der Waals surface area contributed by atoms with Crippen molar-refractivity contribution in [3.05, 3.63) is 57.6 Å². The topological polar surface area (TPSA) is 71.1 Å². The van der Waals surface area contributed by atoms with E-state index in [0.29, 0.717) is 47.7 Å². The van der Waals surface area contributed by atoms with Gasteiger partial charge in [-0.25, -0.2) is 0 Å². The zero-order valence-corrected chi connectivity index (χ0v) is 22.2. The molecule has 2 aromatic rings. The van der Waals surface area contributed by atoms with Crippen molar-refractivity contribution in [2.45, 2.75) is 39.9 Å². The van der Waals surface area contributed by atoms with Crippen molar-refractivity contribution >= 4 is 35.0 Å². The van der Waals surface area contributed by atoms with Crippen LogP contribution in [0.3, 0.4) is 0 Å². The van der Waals surface area contributed by atoms with Crippen molar-refractivity contribution in [2.24, 2.45) is 0 Å². The Kier molecular flexibility index (Phi) is 9.66. The highest BCUT2D eigenvalue weighted by atomic mass is 35.5. The van der Waals surface area contributed by atoms with Crippen molar-refractivity contribution in [3.8, 4) is 11.5 Å². The molecule has 7 nitrogen and oxygen atoms in total. The van der Waals surface area contributed by atoms with Crippen LogP contribution in [-0.2, 0) is 9.59 Å². The van der Waals surface area contributed by atoms with Crippen molar-refractivity contribution in [3.63, 3.8) is 0 Å². The van der Waals surface area contributed by atoms with Gasteiger partial charge in [-0.2, -0.15) is 0 Å². The van der Waals surface area contributed by atoms with Gasteiger partial charge in [0.15, 0.2) is 12.2 Å². The highest BCUT2D eigenvalue weighted by Crippen LogP contribution is 2.24. The van der Waals surface area contributed by atoms with Crippen LogP contribution in [0.5, 0.6) is 11.5 Å². The Bertz CT molecular complexity index is 1040. The molecule has 2 atom stereocenters. The fraction of sp³-hybridized carbons (Fsp3) is 0.462. The van der Waals surface area contributed by atoms with E-state index < -0.39 is 12.2 Å². The van der Waals surface area contributed by atoms with E-state index in [1.54, 1.807) is 44.2 Å². The van der Waals surface area contributed by atoms with Crippen LogP contribution in [0, 0.1) is 13.8 Å². The molecule has 0 aliphatic carbocycles. The first-order valence-electron chi connectivity index (χ1n) is 11.8. The van der Waals surface area contributed by atoms with Crippen LogP contribution in [-0.4, -0.2) is 73.1 Å². The van der Waals surface area contributed by atoms with Crippen LogP contribution in [0.15, 0.2) is 36.4 Å². The highest BCUT2D eigenvalue weighted by molar-refractivity contribution is 6.31. The number of carbonyl (C=O) groups excluding carboxylic acids is 2. The minimum Gasteiger partial charge on any atom is -0.481 e. The fourth-order valence-corrected chi connectivity index (χ4v) is 4.36. The number of benzene rings is 2. The van der Waals surface area contributed by atoms with Crippen LogP contribution in [0.2, 0.25) is 10.0 Å². The smallest absolute Gasteiger partial charge is 0.263 e. The van der Waals surface area contributed by atoms with Gasteiger partial charge in [0.1, 0.15) is 11.5 Å². The van der Waals surface area contributed by atoms with E-state index in [1.165, 1.54) is 0 Å². The van der Waals surface area contributed by atoms with E-state index in [4.69, 9.17) is 32.7 Å². The third-order valence-corrected chi connectivity index (χ3v) is 6.48. The molecule has 9 heteroatoms. The quantitative estimate of drug-likeness (QED) is 0.537. The van der Waals surface area contributed by atoms with E-state index in [2.05, 4.69) is 10.2 Å². The van der Waals surface area contributed by atoms with E-state index in [-0.39, 0.29) is 11.8 Å². The molecule has 0 radical (unpaired) electrons. The molecule has 0 spiro atoms. The van der Waals surface area contributed by atoms with Crippen molar-refractivity contribution < 1.29 is 19.1 Å². The van der Waals surface area contributed by atoms with Gasteiger partial charge in [-0.15, -0.1) is 0 Å². The number of piperazine rings is 1. The molecule has 190 valence electrons. The molecule has 1 N–H and O–H groups in total. The molecule has 1 heterocycles. The molecule has 0 saturated carbocycles. The van der Waals surface area contributed by atoms with Gasteiger partial charge >= 0.3 is 0 Å². The Labute approximate surface area is 217 Å². The molecule has 0 bridgehead atoms. The molecule has 2 amide bonds. The van der Waals surface area contributed by atoms with Gasteiger partial charge < -0.3 is 19.7 Å². The van der Waals surface area contributed by atoms with Gasteiger partial charge in [0, 0.05) is 49.3 Å². The molecule has 1 saturated heterocycles. The number of amides is 2. The first-order valence-corrected chi connectivity index (χ1v) is 12.5. The lowest BCUT2D eigenvalue weighted by Gasteiger charge is -2.36. The Morgan fingerprint density at radius 1 is 0.886 bits per heavy atom. The second kappa shape index (κ2) is 12.5. The largest absolute Gasteiger partial charge is 0.481 e. The average molecular weight is 522 g/mol. The summed E-state index contributed by atoms with van der Waals surface area (Å²) in [4.78, 5) is 29.3.